The van der Waals surface area contributed by atoms with Crippen molar-refractivity contribution in [3.05, 3.63) is 17.2 Å². The lowest BCUT2D eigenvalue weighted by Crippen LogP contribution is -2.42. The van der Waals surface area contributed by atoms with E-state index in [1.807, 2.05) is 0 Å². The summed E-state index contributed by atoms with van der Waals surface area (Å²) in [6.45, 7) is 7.13. The van der Waals surface area contributed by atoms with Crippen molar-refractivity contribution in [3.8, 4) is 0 Å². The fraction of sp³-hybridized carbons (Fsp3) is 0.765. The Bertz CT molecular complexity index is 567. The molecular weight excluding hydrogens is 292 g/mol. The monoisotopic (exact) mass is 320 g/mol. The number of hydrogen-bond donors (Lipinski definition) is 3. The van der Waals surface area contributed by atoms with Gasteiger partial charge in [-0.15, -0.1) is 0 Å². The minimum absolute atomic E-state index is 0.0412. The van der Waals surface area contributed by atoms with Crippen molar-refractivity contribution in [1.82, 2.24) is 20.2 Å². The minimum atomic E-state index is -0.0701. The number of fused-ring (bicyclic) bond motifs is 1. The molecule has 1 aromatic rings. The van der Waals surface area contributed by atoms with Crippen molar-refractivity contribution in [3.63, 3.8) is 0 Å². The Morgan fingerprint density at radius 2 is 2.22 bits per heavy atom. The van der Waals surface area contributed by atoms with Gasteiger partial charge in [0.05, 0.1) is 6.61 Å². The molecule has 1 aromatic heterocycles. The number of rotatable bonds is 4. The van der Waals surface area contributed by atoms with Crippen molar-refractivity contribution in [2.45, 2.75) is 52.0 Å². The van der Waals surface area contributed by atoms with Gasteiger partial charge in [-0.05, 0) is 31.2 Å². The summed E-state index contributed by atoms with van der Waals surface area (Å²) in [6, 6.07) is 0.277. The lowest BCUT2D eigenvalue weighted by atomic mass is 9.88. The molecular formula is C17H28N4O2. The van der Waals surface area contributed by atoms with Crippen LogP contribution in [0.15, 0.2) is 0 Å². The molecule has 0 unspecified atom stereocenters. The number of H-pyrrole nitrogens is 1. The molecule has 1 fully saturated rings. The molecule has 1 atom stereocenters. The van der Waals surface area contributed by atoms with E-state index in [-0.39, 0.29) is 24.0 Å². The van der Waals surface area contributed by atoms with Crippen LogP contribution in [0.1, 0.15) is 55.1 Å². The number of aromatic nitrogens is 2. The van der Waals surface area contributed by atoms with Crippen LogP contribution in [0.4, 0.5) is 0 Å². The largest absolute Gasteiger partial charge is 0.395 e. The smallest absolute Gasteiger partial charge is 0.271 e. The van der Waals surface area contributed by atoms with Gasteiger partial charge in [-0.3, -0.25) is 9.69 Å². The summed E-state index contributed by atoms with van der Waals surface area (Å²) in [7, 11) is 0. The summed E-state index contributed by atoms with van der Waals surface area (Å²) in [5.41, 5.74) is 1.56. The van der Waals surface area contributed by atoms with E-state index in [1.54, 1.807) is 0 Å². The first-order valence-electron chi connectivity index (χ1n) is 8.69. The molecule has 0 aliphatic carbocycles. The number of piperidine rings is 1. The highest BCUT2D eigenvalue weighted by Gasteiger charge is 2.30. The van der Waals surface area contributed by atoms with Gasteiger partial charge >= 0.3 is 0 Å². The number of hydrogen-bond acceptors (Lipinski definition) is 4. The Labute approximate surface area is 137 Å². The Balaban J connectivity index is 1.68. The number of imidazole rings is 1. The maximum Gasteiger partial charge on any atom is 0.271 e. The Morgan fingerprint density at radius 1 is 1.39 bits per heavy atom. The molecule has 0 aromatic carbocycles. The van der Waals surface area contributed by atoms with Crippen LogP contribution in [0.25, 0.3) is 0 Å². The fourth-order valence-corrected chi connectivity index (χ4v) is 3.65. The number of amides is 1. The van der Waals surface area contributed by atoms with Crippen LogP contribution < -0.4 is 5.32 Å². The lowest BCUT2D eigenvalue weighted by molar-refractivity contribution is 0.0908. The SMILES string of the molecule is CC1(C)CNC(=O)c2nc(CCN3CCCC[C@H]3CO)[nH]c2C1. The summed E-state index contributed by atoms with van der Waals surface area (Å²) in [5.74, 6) is 0.810. The van der Waals surface area contributed by atoms with Gasteiger partial charge in [0.1, 0.15) is 11.5 Å². The zero-order valence-electron chi connectivity index (χ0n) is 14.2. The molecule has 0 radical (unpaired) electrons. The number of carbonyl (C=O) groups excluding carboxylic acids is 1. The molecule has 3 heterocycles. The highest BCUT2D eigenvalue weighted by Crippen LogP contribution is 2.25. The van der Waals surface area contributed by atoms with Crippen molar-refractivity contribution >= 4 is 5.91 Å². The standard InChI is InChI=1S/C17H28N4O2/c1-17(2)9-13-15(16(23)18-11-17)20-14(19-13)6-8-21-7-4-3-5-12(21)10-22/h12,22H,3-11H2,1-2H3,(H,18,23)(H,19,20)/t12-/m0/s1. The van der Waals surface area contributed by atoms with Crippen molar-refractivity contribution < 1.29 is 9.90 Å². The molecule has 6 heteroatoms. The second kappa shape index (κ2) is 6.61. The maximum atomic E-state index is 12.2. The van der Waals surface area contributed by atoms with Gasteiger partial charge in [0, 0.05) is 31.2 Å². The number of aliphatic hydroxyl groups excluding tert-OH is 1. The third-order valence-electron chi connectivity index (χ3n) is 5.02. The fourth-order valence-electron chi connectivity index (χ4n) is 3.65. The average Bonchev–Trinajstić information content (AvgIpc) is 2.88. The zero-order valence-corrected chi connectivity index (χ0v) is 14.2. The van der Waals surface area contributed by atoms with Crippen LogP contribution in [0.5, 0.6) is 0 Å². The second-order valence-corrected chi connectivity index (χ2v) is 7.65. The average molecular weight is 320 g/mol. The van der Waals surface area contributed by atoms with E-state index >= 15 is 0 Å². The Kier molecular flexibility index (Phi) is 4.73. The first kappa shape index (κ1) is 16.5. The minimum Gasteiger partial charge on any atom is -0.395 e. The van der Waals surface area contributed by atoms with E-state index in [0.717, 1.165) is 43.9 Å². The summed E-state index contributed by atoms with van der Waals surface area (Å²) in [4.78, 5) is 22.4. The van der Waals surface area contributed by atoms with Gasteiger partial charge in [-0.25, -0.2) is 4.98 Å². The van der Waals surface area contributed by atoms with Crippen molar-refractivity contribution in [2.75, 3.05) is 26.2 Å². The molecule has 3 N–H and O–H groups in total. The van der Waals surface area contributed by atoms with Gasteiger partial charge in [-0.2, -0.15) is 0 Å². The third kappa shape index (κ3) is 3.75. The summed E-state index contributed by atoms with van der Waals surface area (Å²) in [6.07, 6.45) is 5.09. The molecule has 0 saturated carbocycles. The maximum absolute atomic E-state index is 12.2. The van der Waals surface area contributed by atoms with E-state index in [0.29, 0.717) is 12.2 Å². The lowest BCUT2D eigenvalue weighted by Gasteiger charge is -2.34. The quantitative estimate of drug-likeness (QED) is 0.776. The van der Waals surface area contributed by atoms with Crippen LogP contribution in [0, 0.1) is 5.41 Å². The van der Waals surface area contributed by atoms with Crippen LogP contribution >= 0.6 is 0 Å². The molecule has 0 spiro atoms. The topological polar surface area (TPSA) is 81.2 Å². The predicted octanol–water partition coefficient (Wildman–Crippen LogP) is 1.11. The van der Waals surface area contributed by atoms with E-state index in [4.69, 9.17) is 0 Å². The normalized spacial score (nSPS) is 24.8. The second-order valence-electron chi connectivity index (χ2n) is 7.65. The highest BCUT2D eigenvalue weighted by atomic mass is 16.3. The van der Waals surface area contributed by atoms with Crippen LogP contribution in [-0.4, -0.2) is 58.2 Å². The number of nitrogens with one attached hydrogen (secondary N) is 2. The van der Waals surface area contributed by atoms with Crippen LogP contribution in [0.2, 0.25) is 0 Å². The van der Waals surface area contributed by atoms with E-state index < -0.39 is 0 Å². The molecule has 2 aliphatic rings. The Morgan fingerprint density at radius 3 is 3.00 bits per heavy atom. The summed E-state index contributed by atoms with van der Waals surface area (Å²) in [5, 5.41) is 12.5. The number of carbonyl (C=O) groups is 1. The Hall–Kier alpha value is -1.40. The van der Waals surface area contributed by atoms with Gasteiger partial charge in [0.15, 0.2) is 0 Å². The van der Waals surface area contributed by atoms with E-state index in [2.05, 4.69) is 34.0 Å². The first-order valence-corrected chi connectivity index (χ1v) is 8.69. The molecule has 23 heavy (non-hydrogen) atoms. The van der Waals surface area contributed by atoms with Crippen molar-refractivity contribution in [1.29, 1.82) is 0 Å². The van der Waals surface area contributed by atoms with Gasteiger partial charge < -0.3 is 15.4 Å². The molecule has 128 valence electrons. The number of aliphatic hydroxyl groups is 1. The number of likely N-dealkylation sites (tertiary alicyclic amines) is 1. The highest BCUT2D eigenvalue weighted by molar-refractivity contribution is 5.93. The molecule has 1 saturated heterocycles. The number of aromatic amines is 1. The van der Waals surface area contributed by atoms with Crippen LogP contribution in [-0.2, 0) is 12.8 Å². The van der Waals surface area contributed by atoms with E-state index in [9.17, 15) is 9.90 Å². The zero-order chi connectivity index (χ0) is 16.4. The molecule has 6 nitrogen and oxygen atoms in total. The van der Waals surface area contributed by atoms with Gasteiger partial charge in [-0.1, -0.05) is 20.3 Å². The molecule has 0 bridgehead atoms. The van der Waals surface area contributed by atoms with Gasteiger partial charge in [0.25, 0.3) is 5.91 Å². The van der Waals surface area contributed by atoms with Gasteiger partial charge in [0.2, 0.25) is 0 Å². The molecule has 3 rings (SSSR count). The molecule has 2 aliphatic heterocycles. The third-order valence-corrected chi connectivity index (χ3v) is 5.02. The summed E-state index contributed by atoms with van der Waals surface area (Å²) < 4.78 is 0. The predicted molar refractivity (Wildman–Crippen MR) is 88.4 cm³/mol. The first-order chi connectivity index (χ1) is 11.0. The van der Waals surface area contributed by atoms with Crippen LogP contribution in [0.3, 0.4) is 0 Å². The molecule has 1 amide bonds. The van der Waals surface area contributed by atoms with Crippen molar-refractivity contribution in [2.24, 2.45) is 5.41 Å². The van der Waals surface area contributed by atoms with E-state index in [1.165, 1.54) is 12.8 Å². The summed E-state index contributed by atoms with van der Waals surface area (Å²) >= 11 is 0. The number of nitrogens with zero attached hydrogens (tertiary/aromatic N) is 2.